The van der Waals surface area contributed by atoms with Crippen LogP contribution in [-0.4, -0.2) is 18.0 Å². The third kappa shape index (κ3) is 1.71. The van der Waals surface area contributed by atoms with Crippen LogP contribution in [0.4, 0.5) is 8.78 Å². The molecule has 1 saturated heterocycles. The van der Waals surface area contributed by atoms with Crippen molar-refractivity contribution in [3.63, 3.8) is 0 Å². The van der Waals surface area contributed by atoms with Crippen LogP contribution >= 0.6 is 0 Å². The van der Waals surface area contributed by atoms with Crippen molar-refractivity contribution in [2.45, 2.75) is 50.5 Å². The Labute approximate surface area is 77.9 Å². The van der Waals surface area contributed by atoms with Crippen molar-refractivity contribution >= 4 is 0 Å². The van der Waals surface area contributed by atoms with E-state index in [1.807, 2.05) is 6.92 Å². The van der Waals surface area contributed by atoms with E-state index < -0.39 is 5.92 Å². The zero-order chi connectivity index (χ0) is 9.53. The van der Waals surface area contributed by atoms with Gasteiger partial charge in [-0.15, -0.1) is 0 Å². The molecule has 0 bridgehead atoms. The SMILES string of the molecule is CC1(C2CCC2)CC(F)(F)CCN1. The summed E-state index contributed by atoms with van der Waals surface area (Å²) in [4.78, 5) is 0. The number of hydrogen-bond acceptors (Lipinski definition) is 1. The third-order valence-electron chi connectivity index (χ3n) is 3.65. The number of halogens is 2. The van der Waals surface area contributed by atoms with Crippen molar-refractivity contribution in [3.8, 4) is 0 Å². The predicted octanol–water partition coefficient (Wildman–Crippen LogP) is 2.56. The van der Waals surface area contributed by atoms with E-state index in [1.165, 1.54) is 6.42 Å². The molecule has 1 aliphatic heterocycles. The first kappa shape index (κ1) is 9.38. The summed E-state index contributed by atoms with van der Waals surface area (Å²) in [6.45, 7) is 2.43. The second kappa shape index (κ2) is 2.91. The smallest absolute Gasteiger partial charge is 0.251 e. The Balaban J connectivity index is 2.04. The van der Waals surface area contributed by atoms with Crippen molar-refractivity contribution < 1.29 is 8.78 Å². The van der Waals surface area contributed by atoms with Crippen LogP contribution in [0.2, 0.25) is 0 Å². The zero-order valence-corrected chi connectivity index (χ0v) is 8.08. The van der Waals surface area contributed by atoms with Gasteiger partial charge in [0, 0.05) is 24.9 Å². The molecule has 1 unspecified atom stereocenters. The molecule has 0 radical (unpaired) electrons. The van der Waals surface area contributed by atoms with Gasteiger partial charge in [-0.25, -0.2) is 8.78 Å². The van der Waals surface area contributed by atoms with Crippen molar-refractivity contribution in [2.24, 2.45) is 5.92 Å². The van der Waals surface area contributed by atoms with Crippen LogP contribution in [0.15, 0.2) is 0 Å². The van der Waals surface area contributed by atoms with Gasteiger partial charge < -0.3 is 5.32 Å². The average Bonchev–Trinajstić information content (AvgIpc) is 1.76. The summed E-state index contributed by atoms with van der Waals surface area (Å²) in [7, 11) is 0. The number of rotatable bonds is 1. The molecule has 1 heterocycles. The molecule has 2 fully saturated rings. The van der Waals surface area contributed by atoms with Crippen molar-refractivity contribution in [1.29, 1.82) is 0 Å². The molecular weight excluding hydrogens is 172 g/mol. The molecule has 1 N–H and O–H groups in total. The molecule has 2 aliphatic rings. The Morgan fingerprint density at radius 1 is 1.31 bits per heavy atom. The van der Waals surface area contributed by atoms with Gasteiger partial charge in [0.1, 0.15) is 0 Å². The second-order valence-electron chi connectivity index (χ2n) is 4.75. The highest BCUT2D eigenvalue weighted by atomic mass is 19.3. The fraction of sp³-hybridized carbons (Fsp3) is 1.00. The molecule has 76 valence electrons. The molecule has 1 nitrogen and oxygen atoms in total. The first-order valence-electron chi connectivity index (χ1n) is 5.15. The highest BCUT2D eigenvalue weighted by Gasteiger charge is 2.48. The quantitative estimate of drug-likeness (QED) is 0.668. The first-order valence-corrected chi connectivity index (χ1v) is 5.15. The number of alkyl halides is 2. The minimum atomic E-state index is -2.43. The topological polar surface area (TPSA) is 12.0 Å². The lowest BCUT2D eigenvalue weighted by atomic mass is 9.68. The number of piperidine rings is 1. The van der Waals surface area contributed by atoms with Gasteiger partial charge in [0.2, 0.25) is 0 Å². The zero-order valence-electron chi connectivity index (χ0n) is 8.08. The Morgan fingerprint density at radius 2 is 2.00 bits per heavy atom. The lowest BCUT2D eigenvalue weighted by Crippen LogP contribution is -2.58. The lowest BCUT2D eigenvalue weighted by molar-refractivity contribution is -0.0799. The molecule has 1 atom stereocenters. The molecule has 0 aromatic rings. The van der Waals surface area contributed by atoms with Gasteiger partial charge in [0.25, 0.3) is 5.92 Å². The average molecular weight is 189 g/mol. The van der Waals surface area contributed by atoms with Gasteiger partial charge in [-0.2, -0.15) is 0 Å². The standard InChI is InChI=1S/C10H17F2N/c1-9(8-3-2-4-8)7-10(11,12)5-6-13-9/h8,13H,2-7H2,1H3. The van der Waals surface area contributed by atoms with E-state index in [9.17, 15) is 8.78 Å². The van der Waals surface area contributed by atoms with Crippen molar-refractivity contribution in [2.75, 3.05) is 6.54 Å². The molecule has 2 rings (SSSR count). The summed E-state index contributed by atoms with van der Waals surface area (Å²) in [5, 5.41) is 3.27. The molecule has 3 heteroatoms. The van der Waals surface area contributed by atoms with E-state index in [-0.39, 0.29) is 18.4 Å². The molecule has 0 aromatic heterocycles. The Hall–Kier alpha value is -0.180. The van der Waals surface area contributed by atoms with Crippen LogP contribution in [0.1, 0.15) is 39.0 Å². The van der Waals surface area contributed by atoms with Crippen LogP contribution in [0.5, 0.6) is 0 Å². The van der Waals surface area contributed by atoms with Gasteiger partial charge in [0.05, 0.1) is 0 Å². The minimum absolute atomic E-state index is 0.00924. The first-order chi connectivity index (χ1) is 6.02. The summed E-state index contributed by atoms with van der Waals surface area (Å²) in [5.74, 6) is -1.95. The predicted molar refractivity (Wildman–Crippen MR) is 47.9 cm³/mol. The Bertz CT molecular complexity index is 201. The third-order valence-corrected chi connectivity index (χ3v) is 3.65. The van der Waals surface area contributed by atoms with E-state index >= 15 is 0 Å². The van der Waals surface area contributed by atoms with E-state index in [0.29, 0.717) is 12.5 Å². The maximum absolute atomic E-state index is 13.2. The van der Waals surface area contributed by atoms with Crippen LogP contribution in [-0.2, 0) is 0 Å². The van der Waals surface area contributed by atoms with Crippen LogP contribution < -0.4 is 5.32 Å². The molecular formula is C10H17F2N. The molecule has 1 aliphatic carbocycles. The van der Waals surface area contributed by atoms with Gasteiger partial charge in [-0.05, 0) is 25.7 Å². The monoisotopic (exact) mass is 189 g/mol. The van der Waals surface area contributed by atoms with E-state index in [0.717, 1.165) is 12.8 Å². The van der Waals surface area contributed by atoms with Gasteiger partial charge in [-0.3, -0.25) is 0 Å². The molecule has 0 spiro atoms. The van der Waals surface area contributed by atoms with Crippen LogP contribution in [0.25, 0.3) is 0 Å². The highest BCUT2D eigenvalue weighted by molar-refractivity contribution is 5.00. The Kier molecular flexibility index (Phi) is 2.10. The van der Waals surface area contributed by atoms with Gasteiger partial charge in [0.15, 0.2) is 0 Å². The van der Waals surface area contributed by atoms with E-state index in [1.54, 1.807) is 0 Å². The van der Waals surface area contributed by atoms with E-state index in [2.05, 4.69) is 5.32 Å². The van der Waals surface area contributed by atoms with Crippen LogP contribution in [0.3, 0.4) is 0 Å². The fourth-order valence-corrected chi connectivity index (χ4v) is 2.55. The molecule has 0 aromatic carbocycles. The highest BCUT2D eigenvalue weighted by Crippen LogP contribution is 2.44. The fourth-order valence-electron chi connectivity index (χ4n) is 2.55. The number of nitrogens with one attached hydrogen (secondary N) is 1. The molecule has 0 amide bonds. The summed E-state index contributed by atoms with van der Waals surface area (Å²) < 4.78 is 26.4. The van der Waals surface area contributed by atoms with Gasteiger partial charge in [-0.1, -0.05) is 6.42 Å². The lowest BCUT2D eigenvalue weighted by Gasteiger charge is -2.48. The molecule has 1 saturated carbocycles. The summed E-state index contributed by atoms with van der Waals surface area (Å²) in [6.07, 6.45) is 3.51. The largest absolute Gasteiger partial charge is 0.311 e. The summed E-state index contributed by atoms with van der Waals surface area (Å²) in [5.41, 5.74) is -0.292. The van der Waals surface area contributed by atoms with Gasteiger partial charge >= 0.3 is 0 Å². The minimum Gasteiger partial charge on any atom is -0.311 e. The summed E-state index contributed by atoms with van der Waals surface area (Å²) >= 11 is 0. The summed E-state index contributed by atoms with van der Waals surface area (Å²) in [6, 6.07) is 0. The van der Waals surface area contributed by atoms with E-state index in [4.69, 9.17) is 0 Å². The van der Waals surface area contributed by atoms with Crippen LogP contribution in [0, 0.1) is 5.92 Å². The molecule has 13 heavy (non-hydrogen) atoms. The maximum atomic E-state index is 13.2. The second-order valence-corrected chi connectivity index (χ2v) is 4.75. The number of hydrogen-bond donors (Lipinski definition) is 1. The maximum Gasteiger partial charge on any atom is 0.251 e. The van der Waals surface area contributed by atoms with Crippen molar-refractivity contribution in [1.82, 2.24) is 5.32 Å². The van der Waals surface area contributed by atoms with Crippen molar-refractivity contribution in [3.05, 3.63) is 0 Å². The normalized spacial score (nSPS) is 39.9. The Morgan fingerprint density at radius 3 is 2.46 bits per heavy atom.